The number of hydrogen-bond acceptors (Lipinski definition) is 9. The number of ketones is 2. The Bertz CT molecular complexity index is 2320. The lowest BCUT2D eigenvalue weighted by Gasteiger charge is -2.30. The molecule has 1 atom stereocenters. The monoisotopic (exact) mass is 944 g/mol. The van der Waals surface area contributed by atoms with Crippen LogP contribution in [0.2, 0.25) is 0 Å². The highest BCUT2D eigenvalue weighted by atomic mass is 19.1. The van der Waals surface area contributed by atoms with E-state index < -0.39 is 6.04 Å². The molecule has 2 saturated heterocycles. The molecular weight excluding hydrogens is 862 g/mol. The topological polar surface area (TPSA) is 134 Å². The van der Waals surface area contributed by atoms with Gasteiger partial charge in [-0.15, -0.1) is 0 Å². The van der Waals surface area contributed by atoms with Crippen molar-refractivity contribution in [2.45, 2.75) is 139 Å². The molecule has 7 rings (SSSR count). The summed E-state index contributed by atoms with van der Waals surface area (Å²) < 4.78 is 13.4. The molecule has 10 nitrogen and oxygen atoms in total. The first-order chi connectivity index (χ1) is 33.1. The van der Waals surface area contributed by atoms with E-state index in [0.717, 1.165) is 59.9 Å². The van der Waals surface area contributed by atoms with Gasteiger partial charge in [0.25, 0.3) is 0 Å². The Balaban J connectivity index is 0.000000253. The van der Waals surface area contributed by atoms with Gasteiger partial charge < -0.3 is 21.3 Å². The summed E-state index contributed by atoms with van der Waals surface area (Å²) in [6.07, 6.45) is 20.0. The van der Waals surface area contributed by atoms with Crippen molar-refractivity contribution in [2.75, 3.05) is 56.9 Å². The molecule has 1 amide bonds. The predicted molar refractivity (Wildman–Crippen MR) is 286 cm³/mol. The van der Waals surface area contributed by atoms with Crippen molar-refractivity contribution in [3.05, 3.63) is 117 Å². The molecule has 0 aliphatic carbocycles. The smallest absolute Gasteiger partial charge is 0.242 e. The van der Waals surface area contributed by atoms with Crippen LogP contribution in [0.25, 0.3) is 22.8 Å². The maximum absolute atomic E-state index is 13.4. The Morgan fingerprint density at radius 3 is 2.17 bits per heavy atom. The third kappa shape index (κ3) is 17.7. The Morgan fingerprint density at radius 1 is 0.884 bits per heavy atom. The van der Waals surface area contributed by atoms with Crippen LogP contribution in [0.5, 0.6) is 0 Å². The first kappa shape index (κ1) is 56.1. The number of halogens is 1. The van der Waals surface area contributed by atoms with Crippen LogP contribution in [0.3, 0.4) is 0 Å². The van der Waals surface area contributed by atoms with Crippen LogP contribution in [0.15, 0.2) is 72.6 Å². The number of anilines is 2. The minimum atomic E-state index is -0.487. The number of nitrogens with zero attached hydrogens (tertiary/aromatic N) is 4. The molecule has 0 bridgehead atoms. The minimum absolute atomic E-state index is 0.0164. The van der Waals surface area contributed by atoms with Crippen molar-refractivity contribution >= 4 is 40.6 Å². The zero-order valence-electron chi connectivity index (χ0n) is 43.6. The van der Waals surface area contributed by atoms with Gasteiger partial charge in [0.2, 0.25) is 5.91 Å². The Kier molecular flexibility index (Phi) is 23.4. The number of aromatic nitrogens is 2. The molecule has 2 aromatic carbocycles. The molecule has 1 unspecified atom stereocenters. The number of benzene rings is 2. The second-order valence-corrected chi connectivity index (χ2v) is 18.8. The predicted octanol–water partition coefficient (Wildman–Crippen LogP) is 12.2. The number of carbonyl (C=O) groups is 3. The summed E-state index contributed by atoms with van der Waals surface area (Å²) in [6, 6.07) is 14.2. The van der Waals surface area contributed by atoms with E-state index in [1.54, 1.807) is 26.0 Å². The number of nitrogen functional groups attached to an aromatic ring is 1. The van der Waals surface area contributed by atoms with Gasteiger partial charge in [0.1, 0.15) is 17.7 Å². The highest BCUT2D eigenvalue weighted by molar-refractivity contribution is 5.95. The summed E-state index contributed by atoms with van der Waals surface area (Å²) in [5.74, 6) is 1.09. The van der Waals surface area contributed by atoms with Gasteiger partial charge in [0.15, 0.2) is 11.6 Å². The van der Waals surface area contributed by atoms with Gasteiger partial charge in [0, 0.05) is 73.1 Å². The van der Waals surface area contributed by atoms with Crippen LogP contribution < -0.4 is 16.4 Å². The molecule has 0 saturated carbocycles. The van der Waals surface area contributed by atoms with Crippen molar-refractivity contribution in [2.24, 2.45) is 5.92 Å². The standard InChI is InChI=1S/C30H34N4O.C13H15FN2O2.C13H27N.C2H6/c1-19(14-28-22(4)32-11-8-27(28)25-6-7-29(31)33-17-25)18-34-12-9-24(10-13-34)30-20(2)15-26(23(5)35)16-21(30)3;1-8-2-3-9(6-11(8)14)16-12-5-4-10(17)7-15-13(12)18;1-3-8-13(9-4-2)12-14-10-6-5-7-11-14;1-2/h6-9,11,14-17H,10,12-13,18H2,1-5H3,(H2,31,33);2-3,6,12,16H,4-5,7H2,1H3,(H,15,18);13H,3-12H2,1-2H3;1-2H3/b19-14+;;;. The van der Waals surface area contributed by atoms with Crippen LogP contribution in [0.1, 0.15) is 150 Å². The zero-order chi connectivity index (χ0) is 50.5. The van der Waals surface area contributed by atoms with Crippen LogP contribution in [0, 0.1) is 39.4 Å². The molecule has 2 aromatic heterocycles. The quantitative estimate of drug-likeness (QED) is 0.106. The largest absolute Gasteiger partial charge is 0.384 e. The third-order valence-electron chi connectivity index (χ3n) is 13.1. The normalized spacial score (nSPS) is 16.7. The van der Waals surface area contributed by atoms with Crippen molar-refractivity contribution in [1.29, 1.82) is 0 Å². The summed E-state index contributed by atoms with van der Waals surface area (Å²) in [5, 5.41) is 5.50. The molecular formula is C58H82FN7O3. The molecule has 4 N–H and O–H groups in total. The SMILES string of the molecule is CC.CC(=O)c1cc(C)c(C2=CCN(C/C(C)=C/c3c(-c4ccc(N)nc4)ccnc3C)CC2)c(C)c1.CCCC(CCC)CN1CCCCC1.Cc1ccc(NC2CCC(=O)CNC2=O)cc1F. The molecule has 3 aliphatic rings. The number of Topliss-reactive ketones (excluding diaryl/α,β-unsaturated/α-hetero) is 2. The highest BCUT2D eigenvalue weighted by Crippen LogP contribution is 2.31. The summed E-state index contributed by atoms with van der Waals surface area (Å²) >= 11 is 0. The molecule has 0 radical (unpaired) electrons. The lowest BCUT2D eigenvalue weighted by Crippen LogP contribution is -2.38. The van der Waals surface area contributed by atoms with E-state index in [1.807, 2.05) is 63.5 Å². The van der Waals surface area contributed by atoms with Gasteiger partial charge in [0.05, 0.1) is 6.54 Å². The third-order valence-corrected chi connectivity index (χ3v) is 13.1. The van der Waals surface area contributed by atoms with Gasteiger partial charge in [-0.25, -0.2) is 9.37 Å². The maximum atomic E-state index is 13.4. The average molecular weight is 944 g/mol. The molecule has 2 fully saturated rings. The Labute approximate surface area is 413 Å². The van der Waals surface area contributed by atoms with E-state index in [1.165, 1.54) is 98.5 Å². The van der Waals surface area contributed by atoms with Crippen molar-refractivity contribution in [3.8, 4) is 11.1 Å². The van der Waals surface area contributed by atoms with Gasteiger partial charge in [-0.2, -0.15) is 0 Å². The van der Waals surface area contributed by atoms with Gasteiger partial charge in [-0.1, -0.05) is 70.7 Å². The molecule has 11 heteroatoms. The van der Waals surface area contributed by atoms with E-state index in [0.29, 0.717) is 29.9 Å². The van der Waals surface area contributed by atoms with E-state index in [-0.39, 0.29) is 29.8 Å². The fourth-order valence-electron chi connectivity index (χ4n) is 9.48. The number of hydrogen-bond donors (Lipinski definition) is 3. The van der Waals surface area contributed by atoms with E-state index in [2.05, 4.69) is 77.2 Å². The van der Waals surface area contributed by atoms with Crippen molar-refractivity contribution in [1.82, 2.24) is 25.1 Å². The van der Waals surface area contributed by atoms with Crippen molar-refractivity contribution in [3.63, 3.8) is 0 Å². The average Bonchev–Trinajstić information content (AvgIpc) is 3.49. The molecule has 0 spiro atoms. The Morgan fingerprint density at radius 2 is 1.58 bits per heavy atom. The summed E-state index contributed by atoms with van der Waals surface area (Å²) in [5.41, 5.74) is 18.3. The lowest BCUT2D eigenvalue weighted by atomic mass is 9.89. The van der Waals surface area contributed by atoms with Gasteiger partial charge >= 0.3 is 0 Å². The number of aryl methyl sites for hydroxylation is 4. The van der Waals surface area contributed by atoms with E-state index >= 15 is 0 Å². The number of nitrogens with two attached hydrogens (primary N) is 1. The van der Waals surface area contributed by atoms with Gasteiger partial charge in [-0.05, 0) is 175 Å². The highest BCUT2D eigenvalue weighted by Gasteiger charge is 2.24. The fourth-order valence-corrected chi connectivity index (χ4v) is 9.48. The summed E-state index contributed by atoms with van der Waals surface area (Å²) in [6.45, 7) is 27.4. The van der Waals surface area contributed by atoms with Crippen LogP contribution in [0.4, 0.5) is 15.9 Å². The van der Waals surface area contributed by atoms with Crippen LogP contribution in [-0.2, 0) is 9.59 Å². The molecule has 3 aliphatic heterocycles. The zero-order valence-corrected chi connectivity index (χ0v) is 43.6. The molecule has 69 heavy (non-hydrogen) atoms. The number of pyridine rings is 2. The van der Waals surface area contributed by atoms with Crippen molar-refractivity contribution < 1.29 is 18.8 Å². The van der Waals surface area contributed by atoms with E-state index in [4.69, 9.17) is 5.73 Å². The Hall–Kier alpha value is -5.52. The number of amides is 1. The fraction of sp³-hybridized carbons (Fsp3) is 0.500. The molecule has 374 valence electrons. The molecule has 4 aromatic rings. The maximum Gasteiger partial charge on any atom is 0.242 e. The second-order valence-electron chi connectivity index (χ2n) is 18.8. The number of nitrogens with one attached hydrogen (secondary N) is 2. The summed E-state index contributed by atoms with van der Waals surface area (Å²) in [4.78, 5) is 48.7. The first-order valence-electron chi connectivity index (χ1n) is 25.6. The lowest BCUT2D eigenvalue weighted by molar-refractivity contribution is -0.123. The first-order valence-corrected chi connectivity index (χ1v) is 25.6. The summed E-state index contributed by atoms with van der Waals surface area (Å²) in [7, 11) is 0. The van der Waals surface area contributed by atoms with Gasteiger partial charge in [-0.3, -0.25) is 24.3 Å². The molecule has 5 heterocycles. The number of carbonyl (C=O) groups excluding carboxylic acids is 3. The number of rotatable bonds is 14. The number of piperidine rings is 1. The number of likely N-dealkylation sites (tertiary alicyclic amines) is 1. The van der Waals surface area contributed by atoms with Crippen LogP contribution in [-0.4, -0.2) is 89.1 Å². The second kappa shape index (κ2) is 28.8. The van der Waals surface area contributed by atoms with E-state index in [9.17, 15) is 18.8 Å². The minimum Gasteiger partial charge on any atom is -0.384 e. The van der Waals surface area contributed by atoms with Crippen LogP contribution >= 0.6 is 0 Å².